The Morgan fingerprint density at radius 3 is 2.96 bits per heavy atom. The zero-order valence-corrected chi connectivity index (χ0v) is 13.5. The second-order valence-electron chi connectivity index (χ2n) is 5.51. The second kappa shape index (κ2) is 7.51. The van der Waals surface area contributed by atoms with Gasteiger partial charge in [-0.2, -0.15) is 0 Å². The minimum absolute atomic E-state index is 0.0571. The molecule has 1 aliphatic heterocycles. The molecule has 2 aromatic rings. The Morgan fingerprint density at radius 1 is 1.22 bits per heavy atom. The van der Waals surface area contributed by atoms with Gasteiger partial charge in [-0.3, -0.25) is 0 Å². The van der Waals surface area contributed by atoms with Gasteiger partial charge in [-0.05, 0) is 42.2 Å². The van der Waals surface area contributed by atoms with Crippen LogP contribution in [0.3, 0.4) is 0 Å². The summed E-state index contributed by atoms with van der Waals surface area (Å²) in [5, 5.41) is 5.88. The number of thioether (sulfide) groups is 1. The van der Waals surface area contributed by atoms with Crippen LogP contribution >= 0.6 is 11.8 Å². The summed E-state index contributed by atoms with van der Waals surface area (Å²) < 4.78 is 13.1. The van der Waals surface area contributed by atoms with Gasteiger partial charge in [0.25, 0.3) is 0 Å². The molecule has 1 heterocycles. The van der Waals surface area contributed by atoms with E-state index in [2.05, 4.69) is 22.8 Å². The number of nitrogens with one attached hydrogen (secondary N) is 2. The van der Waals surface area contributed by atoms with E-state index < -0.39 is 0 Å². The van der Waals surface area contributed by atoms with Crippen molar-refractivity contribution >= 4 is 17.8 Å². The summed E-state index contributed by atoms with van der Waals surface area (Å²) >= 11 is 1.83. The molecule has 0 fully saturated rings. The molecule has 3 nitrogen and oxygen atoms in total. The lowest BCUT2D eigenvalue weighted by molar-refractivity contribution is 0.236. The van der Waals surface area contributed by atoms with E-state index in [9.17, 15) is 9.18 Å². The van der Waals surface area contributed by atoms with Crippen molar-refractivity contribution in [2.24, 2.45) is 0 Å². The van der Waals surface area contributed by atoms with Gasteiger partial charge >= 0.3 is 6.03 Å². The van der Waals surface area contributed by atoms with Crippen LogP contribution in [0.15, 0.2) is 53.4 Å². The van der Waals surface area contributed by atoms with Gasteiger partial charge in [0.05, 0.1) is 6.04 Å². The third-order valence-corrected chi connectivity index (χ3v) is 4.97. The van der Waals surface area contributed by atoms with Gasteiger partial charge in [0.1, 0.15) is 5.82 Å². The van der Waals surface area contributed by atoms with Crippen LogP contribution in [0.2, 0.25) is 0 Å². The molecule has 2 N–H and O–H groups in total. The number of amides is 2. The lowest BCUT2D eigenvalue weighted by atomic mass is 10.0. The van der Waals surface area contributed by atoms with Gasteiger partial charge in [-0.25, -0.2) is 9.18 Å². The first-order chi connectivity index (χ1) is 11.2. The summed E-state index contributed by atoms with van der Waals surface area (Å²) in [6.45, 7) is 0.485. The molecule has 3 rings (SSSR count). The van der Waals surface area contributed by atoms with Crippen LogP contribution in [0.5, 0.6) is 0 Å². The SMILES string of the molecule is O=C(NCCc1cccc(F)c1)N[C@H]1CCSc2ccccc21. The van der Waals surface area contributed by atoms with E-state index in [1.807, 2.05) is 30.0 Å². The largest absolute Gasteiger partial charge is 0.338 e. The fourth-order valence-corrected chi connectivity index (χ4v) is 3.84. The first-order valence-corrected chi connectivity index (χ1v) is 8.71. The van der Waals surface area contributed by atoms with E-state index in [0.29, 0.717) is 13.0 Å². The number of hydrogen-bond acceptors (Lipinski definition) is 2. The highest BCUT2D eigenvalue weighted by atomic mass is 32.2. The van der Waals surface area contributed by atoms with E-state index in [1.54, 1.807) is 6.07 Å². The Balaban J connectivity index is 1.50. The van der Waals surface area contributed by atoms with Crippen molar-refractivity contribution in [2.45, 2.75) is 23.8 Å². The monoisotopic (exact) mass is 330 g/mol. The number of benzene rings is 2. The molecule has 1 atom stereocenters. The molecule has 0 aromatic heterocycles. The minimum Gasteiger partial charge on any atom is -0.338 e. The predicted molar refractivity (Wildman–Crippen MR) is 91.2 cm³/mol. The maximum absolute atomic E-state index is 13.1. The summed E-state index contributed by atoms with van der Waals surface area (Å²) in [5.74, 6) is 0.758. The number of urea groups is 1. The van der Waals surface area contributed by atoms with Gasteiger partial charge < -0.3 is 10.6 Å². The molecule has 0 unspecified atom stereocenters. The Labute approximate surface area is 139 Å². The number of halogens is 1. The van der Waals surface area contributed by atoms with Crippen molar-refractivity contribution < 1.29 is 9.18 Å². The number of fused-ring (bicyclic) bond motifs is 1. The normalized spacial score (nSPS) is 16.5. The van der Waals surface area contributed by atoms with Crippen LogP contribution in [0.25, 0.3) is 0 Å². The molecular weight excluding hydrogens is 311 g/mol. The topological polar surface area (TPSA) is 41.1 Å². The van der Waals surface area contributed by atoms with Crippen molar-refractivity contribution in [3.63, 3.8) is 0 Å². The van der Waals surface area contributed by atoms with Crippen LogP contribution in [-0.4, -0.2) is 18.3 Å². The van der Waals surface area contributed by atoms with Gasteiger partial charge in [0.15, 0.2) is 0 Å². The van der Waals surface area contributed by atoms with Crippen LogP contribution < -0.4 is 10.6 Å². The predicted octanol–water partition coefficient (Wildman–Crippen LogP) is 3.90. The molecule has 0 aliphatic carbocycles. The quantitative estimate of drug-likeness (QED) is 0.892. The van der Waals surface area contributed by atoms with Crippen molar-refractivity contribution in [3.05, 3.63) is 65.5 Å². The highest BCUT2D eigenvalue weighted by Gasteiger charge is 2.21. The van der Waals surface area contributed by atoms with E-state index in [1.165, 1.54) is 22.6 Å². The highest BCUT2D eigenvalue weighted by Crippen LogP contribution is 2.35. The third kappa shape index (κ3) is 4.26. The number of carbonyl (C=O) groups excluding carboxylic acids is 1. The molecule has 1 aliphatic rings. The molecule has 0 saturated carbocycles. The molecule has 0 spiro atoms. The molecule has 120 valence electrons. The van der Waals surface area contributed by atoms with Gasteiger partial charge in [-0.15, -0.1) is 11.8 Å². The Bertz CT molecular complexity index is 692. The first kappa shape index (κ1) is 15.9. The minimum atomic E-state index is -0.247. The van der Waals surface area contributed by atoms with E-state index in [0.717, 1.165) is 17.7 Å². The van der Waals surface area contributed by atoms with Crippen LogP contribution in [0.4, 0.5) is 9.18 Å². The van der Waals surface area contributed by atoms with Crippen molar-refractivity contribution in [1.82, 2.24) is 10.6 Å². The fraction of sp³-hybridized carbons (Fsp3) is 0.278. The van der Waals surface area contributed by atoms with Crippen molar-refractivity contribution in [1.29, 1.82) is 0 Å². The Hall–Kier alpha value is -2.01. The van der Waals surface area contributed by atoms with Gasteiger partial charge in [0.2, 0.25) is 0 Å². The van der Waals surface area contributed by atoms with E-state index in [-0.39, 0.29) is 17.9 Å². The van der Waals surface area contributed by atoms with E-state index in [4.69, 9.17) is 0 Å². The fourth-order valence-electron chi connectivity index (χ4n) is 2.71. The number of hydrogen-bond donors (Lipinski definition) is 2. The molecule has 2 amide bonds. The van der Waals surface area contributed by atoms with E-state index >= 15 is 0 Å². The average Bonchev–Trinajstić information content (AvgIpc) is 2.55. The standard InChI is InChI=1S/C18H19FN2OS/c19-14-5-3-4-13(12-14)8-10-20-18(22)21-16-9-11-23-17-7-2-1-6-15(16)17/h1-7,12,16H,8-11H2,(H2,20,21,22)/t16-/m0/s1. The molecule has 0 radical (unpaired) electrons. The van der Waals surface area contributed by atoms with Crippen LogP contribution in [-0.2, 0) is 6.42 Å². The maximum Gasteiger partial charge on any atom is 0.315 e. The smallest absolute Gasteiger partial charge is 0.315 e. The summed E-state index contributed by atoms with van der Waals surface area (Å²) in [5.41, 5.74) is 2.06. The molecular formula is C18H19FN2OS. The van der Waals surface area contributed by atoms with Crippen LogP contribution in [0, 0.1) is 5.82 Å². The molecule has 23 heavy (non-hydrogen) atoms. The molecule has 5 heteroatoms. The summed E-state index contributed by atoms with van der Waals surface area (Å²) in [6, 6.07) is 14.5. The average molecular weight is 330 g/mol. The van der Waals surface area contributed by atoms with Crippen molar-refractivity contribution in [3.8, 4) is 0 Å². The molecule has 0 bridgehead atoms. The lowest BCUT2D eigenvalue weighted by Gasteiger charge is -2.25. The Kier molecular flexibility index (Phi) is 5.18. The molecule has 2 aromatic carbocycles. The number of rotatable bonds is 4. The Morgan fingerprint density at radius 2 is 2.09 bits per heavy atom. The van der Waals surface area contributed by atoms with Gasteiger partial charge in [-0.1, -0.05) is 30.3 Å². The van der Waals surface area contributed by atoms with Gasteiger partial charge in [0, 0.05) is 17.2 Å². The lowest BCUT2D eigenvalue weighted by Crippen LogP contribution is -2.39. The third-order valence-electron chi connectivity index (χ3n) is 3.85. The number of carbonyl (C=O) groups is 1. The molecule has 0 saturated heterocycles. The highest BCUT2D eigenvalue weighted by molar-refractivity contribution is 7.99. The van der Waals surface area contributed by atoms with Crippen molar-refractivity contribution in [2.75, 3.05) is 12.3 Å². The first-order valence-electron chi connectivity index (χ1n) is 7.73. The summed E-state index contributed by atoms with van der Waals surface area (Å²) in [6.07, 6.45) is 1.54. The summed E-state index contributed by atoms with van der Waals surface area (Å²) in [7, 11) is 0. The maximum atomic E-state index is 13.1. The van der Waals surface area contributed by atoms with Crippen LogP contribution in [0.1, 0.15) is 23.6 Å². The zero-order chi connectivity index (χ0) is 16.1. The summed E-state index contributed by atoms with van der Waals surface area (Å²) in [4.78, 5) is 13.3. The second-order valence-corrected chi connectivity index (χ2v) is 6.64. The zero-order valence-electron chi connectivity index (χ0n) is 12.7.